The van der Waals surface area contributed by atoms with E-state index in [1.165, 1.54) is 11.8 Å². The van der Waals surface area contributed by atoms with E-state index in [1.807, 2.05) is 17.0 Å². The summed E-state index contributed by atoms with van der Waals surface area (Å²) in [5.74, 6) is 1.24. The van der Waals surface area contributed by atoms with Gasteiger partial charge in [0.15, 0.2) is 0 Å². The van der Waals surface area contributed by atoms with Crippen LogP contribution in [0.2, 0.25) is 0 Å². The summed E-state index contributed by atoms with van der Waals surface area (Å²) in [7, 11) is 0. The van der Waals surface area contributed by atoms with Crippen molar-refractivity contribution < 1.29 is 13.9 Å². The number of morpholine rings is 1. The van der Waals surface area contributed by atoms with Crippen LogP contribution in [0.3, 0.4) is 0 Å². The van der Waals surface area contributed by atoms with Crippen LogP contribution in [0.15, 0.2) is 34.2 Å². The molecule has 0 spiro atoms. The molecule has 3 rings (SSSR count). The van der Waals surface area contributed by atoms with E-state index in [2.05, 4.69) is 22.1 Å². The van der Waals surface area contributed by atoms with Gasteiger partial charge in [0.05, 0.1) is 19.3 Å². The topological polar surface area (TPSA) is 81.4 Å². The van der Waals surface area contributed by atoms with Gasteiger partial charge in [0, 0.05) is 36.7 Å². The standard InChI is InChI=1S/C16H20N4O3S/c1-2-13-11-22-9-8-20(13)14(21)5-10-24-16-19-18-15(23-16)12-3-6-17-7-4-12/h3-4,6-7,13H,2,5,8-11H2,1H3/t13-/m0/s1. The number of ether oxygens (including phenoxy) is 1. The molecular weight excluding hydrogens is 328 g/mol. The van der Waals surface area contributed by atoms with E-state index in [4.69, 9.17) is 9.15 Å². The average molecular weight is 348 g/mol. The zero-order chi connectivity index (χ0) is 16.8. The largest absolute Gasteiger partial charge is 0.411 e. The first-order valence-corrected chi connectivity index (χ1v) is 9.00. The molecule has 0 aliphatic carbocycles. The number of amides is 1. The molecule has 0 saturated carbocycles. The summed E-state index contributed by atoms with van der Waals surface area (Å²) in [6, 6.07) is 3.82. The molecule has 2 aromatic heterocycles. The first kappa shape index (κ1) is 16.9. The van der Waals surface area contributed by atoms with Crippen LogP contribution in [-0.4, -0.2) is 57.5 Å². The zero-order valence-corrected chi connectivity index (χ0v) is 14.4. The lowest BCUT2D eigenvalue weighted by atomic mass is 10.1. The van der Waals surface area contributed by atoms with Gasteiger partial charge in [-0.1, -0.05) is 18.7 Å². The number of nitrogens with zero attached hydrogens (tertiary/aromatic N) is 4. The maximum Gasteiger partial charge on any atom is 0.276 e. The van der Waals surface area contributed by atoms with Gasteiger partial charge < -0.3 is 14.1 Å². The molecule has 0 bridgehead atoms. The molecule has 1 saturated heterocycles. The lowest BCUT2D eigenvalue weighted by Crippen LogP contribution is -2.48. The fourth-order valence-corrected chi connectivity index (χ4v) is 3.26. The third kappa shape index (κ3) is 4.12. The van der Waals surface area contributed by atoms with Crippen LogP contribution in [0, 0.1) is 0 Å². The van der Waals surface area contributed by atoms with Crippen LogP contribution >= 0.6 is 11.8 Å². The van der Waals surface area contributed by atoms with Gasteiger partial charge in [0.2, 0.25) is 11.8 Å². The molecule has 24 heavy (non-hydrogen) atoms. The van der Waals surface area contributed by atoms with E-state index in [1.54, 1.807) is 12.4 Å². The van der Waals surface area contributed by atoms with Crippen LogP contribution in [0.5, 0.6) is 0 Å². The first-order chi connectivity index (χ1) is 11.8. The summed E-state index contributed by atoms with van der Waals surface area (Å²) in [6.45, 7) is 4.00. The fraction of sp³-hybridized carbons (Fsp3) is 0.500. The summed E-state index contributed by atoms with van der Waals surface area (Å²) >= 11 is 1.40. The van der Waals surface area contributed by atoms with Crippen molar-refractivity contribution in [2.75, 3.05) is 25.5 Å². The summed E-state index contributed by atoms with van der Waals surface area (Å²) < 4.78 is 11.0. The van der Waals surface area contributed by atoms with Crippen molar-refractivity contribution >= 4 is 17.7 Å². The van der Waals surface area contributed by atoms with Crippen molar-refractivity contribution in [2.45, 2.75) is 31.0 Å². The molecule has 0 aromatic carbocycles. The maximum atomic E-state index is 12.4. The maximum absolute atomic E-state index is 12.4. The Labute approximate surface area is 144 Å². The Morgan fingerprint density at radius 2 is 2.21 bits per heavy atom. The molecule has 1 aliphatic heterocycles. The number of carbonyl (C=O) groups is 1. The molecule has 1 amide bonds. The van der Waals surface area contributed by atoms with Crippen LogP contribution in [0.4, 0.5) is 0 Å². The lowest BCUT2D eigenvalue weighted by molar-refractivity contribution is -0.139. The van der Waals surface area contributed by atoms with E-state index in [-0.39, 0.29) is 11.9 Å². The van der Waals surface area contributed by atoms with Crippen molar-refractivity contribution in [3.63, 3.8) is 0 Å². The molecule has 0 N–H and O–H groups in total. The molecule has 7 nitrogen and oxygen atoms in total. The van der Waals surface area contributed by atoms with Gasteiger partial charge >= 0.3 is 0 Å². The van der Waals surface area contributed by atoms with E-state index in [0.29, 0.717) is 43.0 Å². The van der Waals surface area contributed by atoms with E-state index in [9.17, 15) is 4.79 Å². The summed E-state index contributed by atoms with van der Waals surface area (Å²) in [5, 5.41) is 8.51. The summed E-state index contributed by atoms with van der Waals surface area (Å²) in [4.78, 5) is 18.3. The SMILES string of the molecule is CC[C@H]1COCCN1C(=O)CCSc1nnc(-c2ccncc2)o1. The Hall–Kier alpha value is -1.93. The van der Waals surface area contributed by atoms with Gasteiger partial charge in [0.1, 0.15) is 0 Å². The monoisotopic (exact) mass is 348 g/mol. The number of carbonyl (C=O) groups excluding carboxylic acids is 1. The van der Waals surface area contributed by atoms with Gasteiger partial charge in [-0.25, -0.2) is 0 Å². The first-order valence-electron chi connectivity index (χ1n) is 8.02. The van der Waals surface area contributed by atoms with Gasteiger partial charge in [-0.05, 0) is 18.6 Å². The number of rotatable bonds is 6. The quantitative estimate of drug-likeness (QED) is 0.741. The molecule has 8 heteroatoms. The van der Waals surface area contributed by atoms with Gasteiger partial charge in [-0.2, -0.15) is 0 Å². The second kappa shape index (κ2) is 8.25. The average Bonchev–Trinajstić information content (AvgIpc) is 3.11. The number of aromatic nitrogens is 3. The van der Waals surface area contributed by atoms with E-state index in [0.717, 1.165) is 12.0 Å². The minimum atomic E-state index is 0.159. The highest BCUT2D eigenvalue weighted by Crippen LogP contribution is 2.23. The molecule has 2 aromatic rings. The third-order valence-corrected chi connectivity index (χ3v) is 4.71. The normalized spacial score (nSPS) is 17.9. The van der Waals surface area contributed by atoms with Gasteiger partial charge in [-0.15, -0.1) is 10.2 Å². The van der Waals surface area contributed by atoms with Crippen molar-refractivity contribution in [1.82, 2.24) is 20.1 Å². The Balaban J connectivity index is 1.50. The summed E-state index contributed by atoms with van der Waals surface area (Å²) in [5.41, 5.74) is 0.833. The predicted octanol–water partition coefficient (Wildman–Crippen LogP) is 2.25. The highest BCUT2D eigenvalue weighted by Gasteiger charge is 2.25. The predicted molar refractivity (Wildman–Crippen MR) is 89.5 cm³/mol. The number of hydrogen-bond acceptors (Lipinski definition) is 7. The third-order valence-electron chi connectivity index (χ3n) is 3.89. The molecule has 0 radical (unpaired) electrons. The summed E-state index contributed by atoms with van der Waals surface area (Å²) in [6.07, 6.45) is 4.72. The van der Waals surface area contributed by atoms with Crippen molar-refractivity contribution in [3.8, 4) is 11.5 Å². The van der Waals surface area contributed by atoms with Crippen LogP contribution in [0.25, 0.3) is 11.5 Å². The van der Waals surface area contributed by atoms with Crippen molar-refractivity contribution in [2.24, 2.45) is 0 Å². The molecule has 1 atom stereocenters. The molecule has 0 unspecified atom stereocenters. The Kier molecular flexibility index (Phi) is 5.81. The van der Waals surface area contributed by atoms with Crippen molar-refractivity contribution in [3.05, 3.63) is 24.5 Å². The molecule has 1 fully saturated rings. The second-order valence-corrected chi connectivity index (χ2v) is 6.48. The smallest absolute Gasteiger partial charge is 0.276 e. The number of pyridine rings is 1. The Morgan fingerprint density at radius 1 is 1.38 bits per heavy atom. The van der Waals surface area contributed by atoms with E-state index >= 15 is 0 Å². The lowest BCUT2D eigenvalue weighted by Gasteiger charge is -2.35. The Morgan fingerprint density at radius 3 is 3.00 bits per heavy atom. The number of hydrogen-bond donors (Lipinski definition) is 0. The fourth-order valence-electron chi connectivity index (χ4n) is 2.57. The number of thioether (sulfide) groups is 1. The zero-order valence-electron chi connectivity index (χ0n) is 13.6. The van der Waals surface area contributed by atoms with Crippen LogP contribution in [0.1, 0.15) is 19.8 Å². The minimum Gasteiger partial charge on any atom is -0.411 e. The molecular formula is C16H20N4O3S. The van der Waals surface area contributed by atoms with Gasteiger partial charge in [0.25, 0.3) is 5.22 Å². The van der Waals surface area contributed by atoms with Crippen molar-refractivity contribution in [1.29, 1.82) is 0 Å². The highest BCUT2D eigenvalue weighted by molar-refractivity contribution is 7.99. The Bertz CT molecular complexity index is 664. The van der Waals surface area contributed by atoms with Crippen LogP contribution in [-0.2, 0) is 9.53 Å². The van der Waals surface area contributed by atoms with E-state index < -0.39 is 0 Å². The second-order valence-electron chi connectivity index (χ2n) is 5.43. The highest BCUT2D eigenvalue weighted by atomic mass is 32.2. The molecule has 3 heterocycles. The molecule has 1 aliphatic rings. The van der Waals surface area contributed by atoms with Gasteiger partial charge in [-0.3, -0.25) is 9.78 Å². The molecule has 128 valence electrons. The van der Waals surface area contributed by atoms with Crippen LogP contribution < -0.4 is 0 Å². The minimum absolute atomic E-state index is 0.159.